The molecule has 0 unspecified atom stereocenters. The van der Waals surface area contributed by atoms with Gasteiger partial charge in [-0.2, -0.15) is 0 Å². The first kappa shape index (κ1) is 10.3. The summed E-state index contributed by atoms with van der Waals surface area (Å²) in [5, 5.41) is 4.82. The minimum Gasteiger partial charge on any atom is -0.349 e. The fraction of sp³-hybridized carbons (Fsp3) is 0.182. The standard InChI is InChI=1S/C11H12N2OS/c12-6-7-15-11-8-10(13-14-11)9-4-2-1-3-5-9/h1-5,8H,6-7,12H2. The maximum absolute atomic E-state index is 5.41. The minimum atomic E-state index is 0.645. The molecule has 1 aromatic heterocycles. The van der Waals surface area contributed by atoms with Crippen LogP contribution in [0.25, 0.3) is 11.3 Å². The van der Waals surface area contributed by atoms with Crippen LogP contribution in [0.3, 0.4) is 0 Å². The summed E-state index contributed by atoms with van der Waals surface area (Å²) in [5.41, 5.74) is 7.35. The van der Waals surface area contributed by atoms with Crippen molar-refractivity contribution in [2.24, 2.45) is 5.73 Å². The van der Waals surface area contributed by atoms with Crippen LogP contribution in [0.4, 0.5) is 0 Å². The van der Waals surface area contributed by atoms with Crippen molar-refractivity contribution in [1.29, 1.82) is 0 Å². The van der Waals surface area contributed by atoms with Crippen LogP contribution in [0.2, 0.25) is 0 Å². The van der Waals surface area contributed by atoms with Gasteiger partial charge in [-0.05, 0) is 0 Å². The van der Waals surface area contributed by atoms with E-state index in [0.29, 0.717) is 6.54 Å². The molecule has 15 heavy (non-hydrogen) atoms. The fourth-order valence-corrected chi connectivity index (χ4v) is 1.83. The average molecular weight is 220 g/mol. The number of aromatic nitrogens is 1. The Morgan fingerprint density at radius 1 is 1.27 bits per heavy atom. The molecule has 0 amide bonds. The van der Waals surface area contributed by atoms with Crippen LogP contribution in [0.15, 0.2) is 46.0 Å². The van der Waals surface area contributed by atoms with E-state index in [1.165, 1.54) is 0 Å². The molecule has 0 aliphatic heterocycles. The lowest BCUT2D eigenvalue weighted by Crippen LogP contribution is -2.00. The first-order valence-electron chi connectivity index (χ1n) is 4.75. The van der Waals surface area contributed by atoms with Gasteiger partial charge >= 0.3 is 0 Å². The van der Waals surface area contributed by atoms with Gasteiger partial charge < -0.3 is 10.3 Å². The second-order valence-electron chi connectivity index (χ2n) is 3.03. The smallest absolute Gasteiger partial charge is 0.193 e. The molecular weight excluding hydrogens is 208 g/mol. The predicted octanol–water partition coefficient (Wildman–Crippen LogP) is 2.39. The van der Waals surface area contributed by atoms with Gasteiger partial charge in [-0.15, -0.1) is 0 Å². The van der Waals surface area contributed by atoms with E-state index >= 15 is 0 Å². The minimum absolute atomic E-state index is 0.645. The molecule has 0 bridgehead atoms. The number of nitrogens with zero attached hydrogens (tertiary/aromatic N) is 1. The third-order valence-electron chi connectivity index (χ3n) is 1.92. The van der Waals surface area contributed by atoms with Crippen molar-refractivity contribution < 1.29 is 4.52 Å². The van der Waals surface area contributed by atoms with Gasteiger partial charge in [0, 0.05) is 23.9 Å². The Bertz CT molecular complexity index is 414. The summed E-state index contributed by atoms with van der Waals surface area (Å²) in [7, 11) is 0. The Labute approximate surface area is 92.6 Å². The molecular formula is C11H12N2OS. The van der Waals surface area contributed by atoms with Crippen molar-refractivity contribution in [3.63, 3.8) is 0 Å². The second-order valence-corrected chi connectivity index (χ2v) is 4.13. The van der Waals surface area contributed by atoms with Crippen molar-refractivity contribution in [3.8, 4) is 11.3 Å². The van der Waals surface area contributed by atoms with Crippen LogP contribution in [0, 0.1) is 0 Å². The van der Waals surface area contributed by atoms with Gasteiger partial charge in [0.2, 0.25) is 0 Å². The van der Waals surface area contributed by atoms with Crippen LogP contribution in [-0.4, -0.2) is 17.5 Å². The maximum atomic E-state index is 5.41. The van der Waals surface area contributed by atoms with Gasteiger partial charge in [0.25, 0.3) is 0 Å². The Morgan fingerprint density at radius 3 is 2.80 bits per heavy atom. The quantitative estimate of drug-likeness (QED) is 0.804. The summed E-state index contributed by atoms with van der Waals surface area (Å²) in [6.45, 7) is 0.645. The Hall–Kier alpha value is -1.26. The third kappa shape index (κ3) is 2.61. The summed E-state index contributed by atoms with van der Waals surface area (Å²) >= 11 is 1.58. The highest BCUT2D eigenvalue weighted by molar-refractivity contribution is 7.99. The van der Waals surface area contributed by atoms with Crippen LogP contribution < -0.4 is 5.73 Å². The molecule has 0 spiro atoms. The van der Waals surface area contributed by atoms with Crippen molar-refractivity contribution in [2.45, 2.75) is 5.09 Å². The lowest BCUT2D eigenvalue weighted by Gasteiger charge is -1.91. The molecule has 1 heterocycles. The topological polar surface area (TPSA) is 52.0 Å². The van der Waals surface area contributed by atoms with E-state index in [-0.39, 0.29) is 0 Å². The molecule has 2 rings (SSSR count). The van der Waals surface area contributed by atoms with Gasteiger partial charge in [-0.1, -0.05) is 47.3 Å². The van der Waals surface area contributed by atoms with Crippen LogP contribution in [-0.2, 0) is 0 Å². The Kier molecular flexibility index (Phi) is 3.42. The van der Waals surface area contributed by atoms with Gasteiger partial charge in [-0.25, -0.2) is 0 Å². The van der Waals surface area contributed by atoms with Crippen molar-refractivity contribution in [3.05, 3.63) is 36.4 Å². The third-order valence-corrected chi connectivity index (χ3v) is 2.84. The highest BCUT2D eigenvalue weighted by atomic mass is 32.2. The molecule has 0 aliphatic rings. The van der Waals surface area contributed by atoms with Gasteiger partial charge in [0.15, 0.2) is 5.09 Å². The van der Waals surface area contributed by atoms with E-state index in [9.17, 15) is 0 Å². The summed E-state index contributed by atoms with van der Waals surface area (Å²) < 4.78 is 5.18. The molecule has 0 saturated heterocycles. The number of thioether (sulfide) groups is 1. The molecule has 4 heteroatoms. The monoisotopic (exact) mass is 220 g/mol. The average Bonchev–Trinajstić information content (AvgIpc) is 2.76. The van der Waals surface area contributed by atoms with Gasteiger partial charge in [0.1, 0.15) is 5.69 Å². The van der Waals surface area contributed by atoms with Crippen LogP contribution in [0.5, 0.6) is 0 Å². The van der Waals surface area contributed by atoms with E-state index in [4.69, 9.17) is 10.3 Å². The van der Waals surface area contributed by atoms with E-state index in [2.05, 4.69) is 5.16 Å². The summed E-state index contributed by atoms with van der Waals surface area (Å²) in [5.74, 6) is 0.851. The largest absolute Gasteiger partial charge is 0.349 e. The molecule has 2 N–H and O–H groups in total. The van der Waals surface area contributed by atoms with Crippen LogP contribution >= 0.6 is 11.8 Å². The molecule has 2 aromatic rings. The number of hydrogen-bond donors (Lipinski definition) is 1. The lowest BCUT2D eigenvalue weighted by atomic mass is 10.2. The molecule has 0 saturated carbocycles. The van der Waals surface area contributed by atoms with E-state index in [1.54, 1.807) is 11.8 Å². The van der Waals surface area contributed by atoms with Crippen LogP contribution in [0.1, 0.15) is 0 Å². The second kappa shape index (κ2) is 5.00. The first-order valence-corrected chi connectivity index (χ1v) is 5.73. The van der Waals surface area contributed by atoms with E-state index in [1.807, 2.05) is 36.4 Å². The van der Waals surface area contributed by atoms with Gasteiger partial charge in [-0.3, -0.25) is 0 Å². The molecule has 0 fully saturated rings. The molecule has 3 nitrogen and oxygen atoms in total. The molecule has 78 valence electrons. The number of rotatable bonds is 4. The maximum Gasteiger partial charge on any atom is 0.193 e. The summed E-state index contributed by atoms with van der Waals surface area (Å²) in [4.78, 5) is 0. The molecule has 0 atom stereocenters. The van der Waals surface area contributed by atoms with Gasteiger partial charge in [0.05, 0.1) is 0 Å². The zero-order valence-corrected chi connectivity index (χ0v) is 9.04. The predicted molar refractivity (Wildman–Crippen MR) is 61.7 cm³/mol. The van der Waals surface area contributed by atoms with E-state index in [0.717, 1.165) is 22.1 Å². The lowest BCUT2D eigenvalue weighted by molar-refractivity contribution is 0.351. The first-order chi connectivity index (χ1) is 7.40. The Balaban J connectivity index is 2.14. The Morgan fingerprint density at radius 2 is 2.07 bits per heavy atom. The van der Waals surface area contributed by atoms with Crippen molar-refractivity contribution >= 4 is 11.8 Å². The molecule has 1 aromatic carbocycles. The highest BCUT2D eigenvalue weighted by Gasteiger charge is 2.05. The summed E-state index contributed by atoms with van der Waals surface area (Å²) in [6.07, 6.45) is 0. The summed E-state index contributed by atoms with van der Waals surface area (Å²) in [6, 6.07) is 11.9. The fourth-order valence-electron chi connectivity index (χ4n) is 1.23. The van der Waals surface area contributed by atoms with Crippen molar-refractivity contribution in [2.75, 3.05) is 12.3 Å². The molecule has 0 radical (unpaired) electrons. The molecule has 0 aliphatic carbocycles. The normalized spacial score (nSPS) is 10.5. The zero-order chi connectivity index (χ0) is 10.5. The highest BCUT2D eigenvalue weighted by Crippen LogP contribution is 2.24. The number of nitrogens with two attached hydrogens (primary N) is 1. The number of benzene rings is 1. The van der Waals surface area contributed by atoms with E-state index < -0.39 is 0 Å². The number of hydrogen-bond acceptors (Lipinski definition) is 4. The zero-order valence-electron chi connectivity index (χ0n) is 8.22. The van der Waals surface area contributed by atoms with Crippen molar-refractivity contribution in [1.82, 2.24) is 5.16 Å². The SMILES string of the molecule is NCCSc1cc(-c2ccccc2)no1.